The maximum absolute atomic E-state index is 10.8. The fourth-order valence-corrected chi connectivity index (χ4v) is 0.798. The van der Waals surface area contributed by atoms with Crippen molar-refractivity contribution in [2.24, 2.45) is 0 Å². The van der Waals surface area contributed by atoms with Crippen LogP contribution in [0.1, 0.15) is 13.3 Å². The molecular weight excluding hydrogens is 132 g/mol. The van der Waals surface area contributed by atoms with Crippen molar-refractivity contribution in [1.82, 2.24) is 0 Å². The average molecular weight is 144 g/mol. The quantitative estimate of drug-likeness (QED) is 0.560. The van der Waals surface area contributed by atoms with Crippen LogP contribution in [-0.4, -0.2) is 17.8 Å². The molecule has 0 radical (unpaired) electrons. The van der Waals surface area contributed by atoms with E-state index in [9.17, 15) is 4.79 Å². The van der Waals surface area contributed by atoms with Gasteiger partial charge in [-0.25, -0.2) is 0 Å². The van der Waals surface area contributed by atoms with Gasteiger partial charge in [0.25, 0.3) is 0 Å². The van der Waals surface area contributed by atoms with Crippen molar-refractivity contribution >= 4 is 17.5 Å². The van der Waals surface area contributed by atoms with Crippen LogP contribution in [0.15, 0.2) is 12.2 Å². The number of carbonyl (C=O) groups excluding carboxylic acids is 1. The molecule has 0 aliphatic rings. The summed E-state index contributed by atoms with van der Waals surface area (Å²) in [6, 6.07) is 0. The van der Waals surface area contributed by atoms with E-state index in [1.54, 1.807) is 18.7 Å². The van der Waals surface area contributed by atoms with Crippen molar-refractivity contribution in [2.45, 2.75) is 13.3 Å². The molecule has 0 atom stereocenters. The first kappa shape index (κ1) is 8.76. The molecule has 0 N–H and O–H groups in total. The largest absolute Gasteiger partial charge is 0.295 e. The Morgan fingerprint density at radius 3 is 2.56 bits per heavy atom. The van der Waals surface area contributed by atoms with E-state index in [-0.39, 0.29) is 5.78 Å². The molecule has 9 heavy (non-hydrogen) atoms. The van der Waals surface area contributed by atoms with Gasteiger partial charge in [-0.2, -0.15) is 11.8 Å². The highest BCUT2D eigenvalue weighted by atomic mass is 32.2. The van der Waals surface area contributed by atoms with Crippen LogP contribution < -0.4 is 0 Å². The SMILES string of the molecule is C=C(C)C(=O)CCSC. The third-order valence-electron chi connectivity index (χ3n) is 1.01. The minimum Gasteiger partial charge on any atom is -0.295 e. The number of Topliss-reactive ketones (excluding diaryl/α,β-unsaturated/α-hetero) is 1. The second kappa shape index (κ2) is 4.62. The Morgan fingerprint density at radius 1 is 1.67 bits per heavy atom. The molecule has 0 unspecified atom stereocenters. The number of ketones is 1. The predicted octanol–water partition coefficient (Wildman–Crippen LogP) is 1.88. The summed E-state index contributed by atoms with van der Waals surface area (Å²) in [7, 11) is 0. The summed E-state index contributed by atoms with van der Waals surface area (Å²) in [6.07, 6.45) is 2.63. The molecule has 0 aromatic rings. The smallest absolute Gasteiger partial charge is 0.158 e. The van der Waals surface area contributed by atoms with E-state index in [4.69, 9.17) is 0 Å². The van der Waals surface area contributed by atoms with E-state index in [1.807, 2.05) is 6.26 Å². The van der Waals surface area contributed by atoms with Crippen molar-refractivity contribution in [2.75, 3.05) is 12.0 Å². The number of allylic oxidation sites excluding steroid dienone is 1. The van der Waals surface area contributed by atoms with Crippen LogP contribution in [0.3, 0.4) is 0 Å². The molecule has 0 saturated carbocycles. The van der Waals surface area contributed by atoms with Crippen LogP contribution in [0.5, 0.6) is 0 Å². The van der Waals surface area contributed by atoms with Crippen molar-refractivity contribution in [1.29, 1.82) is 0 Å². The first-order valence-corrected chi connectivity index (χ1v) is 4.25. The second-order valence-corrected chi connectivity index (χ2v) is 2.93. The lowest BCUT2D eigenvalue weighted by atomic mass is 10.2. The molecule has 0 spiro atoms. The van der Waals surface area contributed by atoms with Crippen LogP contribution in [-0.2, 0) is 4.79 Å². The molecule has 0 aromatic heterocycles. The molecular formula is C7H12OS. The molecule has 0 aromatic carbocycles. The summed E-state index contributed by atoms with van der Waals surface area (Å²) in [5.74, 6) is 1.09. The monoisotopic (exact) mass is 144 g/mol. The minimum atomic E-state index is 0.185. The molecule has 1 nitrogen and oxygen atoms in total. The van der Waals surface area contributed by atoms with E-state index in [0.717, 1.165) is 5.75 Å². The topological polar surface area (TPSA) is 17.1 Å². The maximum Gasteiger partial charge on any atom is 0.158 e. The highest BCUT2D eigenvalue weighted by molar-refractivity contribution is 7.98. The van der Waals surface area contributed by atoms with Crippen LogP contribution in [0.2, 0.25) is 0 Å². The summed E-state index contributed by atoms with van der Waals surface area (Å²) < 4.78 is 0. The summed E-state index contributed by atoms with van der Waals surface area (Å²) >= 11 is 1.69. The van der Waals surface area contributed by atoms with E-state index < -0.39 is 0 Å². The molecule has 52 valence electrons. The van der Waals surface area contributed by atoms with E-state index in [2.05, 4.69) is 6.58 Å². The van der Waals surface area contributed by atoms with E-state index in [0.29, 0.717) is 12.0 Å². The number of hydrogen-bond donors (Lipinski definition) is 0. The number of hydrogen-bond acceptors (Lipinski definition) is 2. The summed E-state index contributed by atoms with van der Waals surface area (Å²) in [4.78, 5) is 10.8. The second-order valence-electron chi connectivity index (χ2n) is 1.95. The fraction of sp³-hybridized carbons (Fsp3) is 0.571. The molecule has 0 fully saturated rings. The Balaban J connectivity index is 3.39. The van der Waals surface area contributed by atoms with Gasteiger partial charge in [-0.3, -0.25) is 4.79 Å². The molecule has 0 amide bonds. The van der Waals surface area contributed by atoms with Crippen LogP contribution in [0, 0.1) is 0 Å². The van der Waals surface area contributed by atoms with Crippen LogP contribution in [0.4, 0.5) is 0 Å². The molecule has 0 aliphatic heterocycles. The van der Waals surface area contributed by atoms with Crippen LogP contribution in [0.25, 0.3) is 0 Å². The van der Waals surface area contributed by atoms with Crippen molar-refractivity contribution in [3.05, 3.63) is 12.2 Å². The molecule has 2 heteroatoms. The number of rotatable bonds is 4. The van der Waals surface area contributed by atoms with Gasteiger partial charge in [0.2, 0.25) is 0 Å². The molecule has 0 aliphatic carbocycles. The zero-order chi connectivity index (χ0) is 7.28. The average Bonchev–Trinajstić information content (AvgIpc) is 1.82. The van der Waals surface area contributed by atoms with E-state index >= 15 is 0 Å². The summed E-state index contributed by atoms with van der Waals surface area (Å²) in [6.45, 7) is 5.30. The zero-order valence-corrected chi connectivity index (χ0v) is 6.75. The Labute approximate surface area is 60.5 Å². The summed E-state index contributed by atoms with van der Waals surface area (Å²) in [5, 5.41) is 0. The van der Waals surface area contributed by atoms with Crippen molar-refractivity contribution in [3.63, 3.8) is 0 Å². The normalized spacial score (nSPS) is 9.11. The lowest BCUT2D eigenvalue weighted by Gasteiger charge is -1.94. The Kier molecular flexibility index (Phi) is 4.50. The van der Waals surface area contributed by atoms with Gasteiger partial charge >= 0.3 is 0 Å². The first-order chi connectivity index (χ1) is 4.18. The van der Waals surface area contributed by atoms with Gasteiger partial charge in [0, 0.05) is 12.2 Å². The lowest BCUT2D eigenvalue weighted by Crippen LogP contribution is -1.98. The van der Waals surface area contributed by atoms with Gasteiger partial charge < -0.3 is 0 Å². The highest BCUT2D eigenvalue weighted by Crippen LogP contribution is 2.00. The predicted molar refractivity (Wildman–Crippen MR) is 42.8 cm³/mol. The third-order valence-corrected chi connectivity index (χ3v) is 1.62. The van der Waals surface area contributed by atoms with E-state index in [1.165, 1.54) is 0 Å². The standard InChI is InChI=1S/C7H12OS/c1-6(2)7(8)4-5-9-3/h1,4-5H2,2-3H3. The van der Waals surface area contributed by atoms with Gasteiger partial charge in [-0.05, 0) is 18.8 Å². The third kappa shape index (κ3) is 4.28. The van der Waals surface area contributed by atoms with Crippen LogP contribution >= 0.6 is 11.8 Å². The van der Waals surface area contributed by atoms with Crippen molar-refractivity contribution in [3.8, 4) is 0 Å². The van der Waals surface area contributed by atoms with Gasteiger partial charge in [-0.1, -0.05) is 6.58 Å². The molecule has 0 heterocycles. The minimum absolute atomic E-state index is 0.185. The number of carbonyl (C=O) groups is 1. The molecule has 0 rings (SSSR count). The Hall–Kier alpha value is -0.240. The van der Waals surface area contributed by atoms with Gasteiger partial charge in [0.15, 0.2) is 5.78 Å². The van der Waals surface area contributed by atoms with Gasteiger partial charge in [0.05, 0.1) is 0 Å². The van der Waals surface area contributed by atoms with Gasteiger partial charge in [-0.15, -0.1) is 0 Å². The molecule has 0 saturated heterocycles. The Morgan fingerprint density at radius 2 is 2.22 bits per heavy atom. The fourth-order valence-electron chi connectivity index (χ4n) is 0.408. The van der Waals surface area contributed by atoms with Crippen molar-refractivity contribution < 1.29 is 4.79 Å². The first-order valence-electron chi connectivity index (χ1n) is 2.86. The molecule has 0 bridgehead atoms. The maximum atomic E-state index is 10.8. The Bertz CT molecular complexity index is 118. The van der Waals surface area contributed by atoms with Gasteiger partial charge in [0.1, 0.15) is 0 Å². The summed E-state index contributed by atoms with van der Waals surface area (Å²) in [5.41, 5.74) is 0.670. The number of thioether (sulfide) groups is 1. The highest BCUT2D eigenvalue weighted by Gasteiger charge is 1.99. The lowest BCUT2D eigenvalue weighted by molar-refractivity contribution is -0.115. The zero-order valence-electron chi connectivity index (χ0n) is 5.94.